The van der Waals surface area contributed by atoms with Gasteiger partial charge in [0.15, 0.2) is 0 Å². The van der Waals surface area contributed by atoms with Gasteiger partial charge in [0.25, 0.3) is 5.91 Å². The maximum Gasteiger partial charge on any atom is 0.250 e. The van der Waals surface area contributed by atoms with Crippen LogP contribution in [-0.4, -0.2) is 24.0 Å². The Morgan fingerprint density at radius 1 is 1.32 bits per heavy atom. The summed E-state index contributed by atoms with van der Waals surface area (Å²) < 4.78 is 0. The molecule has 2 saturated heterocycles. The van der Waals surface area contributed by atoms with Gasteiger partial charge in [-0.1, -0.05) is 11.6 Å². The summed E-state index contributed by atoms with van der Waals surface area (Å²) in [5.41, 5.74) is 6.67. The highest BCUT2D eigenvalue weighted by molar-refractivity contribution is 6.31. The lowest BCUT2D eigenvalue weighted by atomic mass is 9.99. The summed E-state index contributed by atoms with van der Waals surface area (Å²) in [5, 5.41) is 7.66. The Labute approximate surface area is 117 Å². The molecular weight excluding hydrogens is 262 g/mol. The molecule has 0 spiro atoms. The second-order valence-electron chi connectivity index (χ2n) is 5.50. The van der Waals surface area contributed by atoms with Crippen LogP contribution in [0.15, 0.2) is 18.2 Å². The highest BCUT2D eigenvalue weighted by atomic mass is 35.5. The fourth-order valence-electron chi connectivity index (χ4n) is 3.25. The number of anilines is 1. The van der Waals surface area contributed by atoms with E-state index in [4.69, 9.17) is 17.3 Å². The number of amides is 1. The molecule has 102 valence electrons. The Morgan fingerprint density at radius 2 is 2.00 bits per heavy atom. The Balaban J connectivity index is 1.79. The summed E-state index contributed by atoms with van der Waals surface area (Å²) in [5.74, 6) is -0.420. The van der Waals surface area contributed by atoms with Gasteiger partial charge in [0.1, 0.15) is 0 Å². The largest absolute Gasteiger partial charge is 0.382 e. The third-order valence-corrected chi connectivity index (χ3v) is 4.31. The van der Waals surface area contributed by atoms with Crippen molar-refractivity contribution >= 4 is 23.2 Å². The van der Waals surface area contributed by atoms with Crippen LogP contribution >= 0.6 is 11.6 Å². The number of piperidine rings is 1. The van der Waals surface area contributed by atoms with Gasteiger partial charge in [-0.15, -0.1) is 0 Å². The van der Waals surface area contributed by atoms with Crippen LogP contribution in [-0.2, 0) is 0 Å². The van der Waals surface area contributed by atoms with Crippen LogP contribution in [0.25, 0.3) is 0 Å². The zero-order chi connectivity index (χ0) is 13.4. The Bertz CT molecular complexity index is 493. The molecule has 4 nitrogen and oxygen atoms in total. The highest BCUT2D eigenvalue weighted by Crippen LogP contribution is 2.30. The molecule has 19 heavy (non-hydrogen) atoms. The molecule has 1 amide bonds. The molecule has 1 aromatic carbocycles. The number of nitrogens with two attached hydrogens (primary N) is 1. The molecule has 2 unspecified atom stereocenters. The second kappa shape index (κ2) is 5.02. The molecular formula is C14H18ClN3O. The van der Waals surface area contributed by atoms with Gasteiger partial charge in [-0.05, 0) is 43.9 Å². The fraction of sp³-hybridized carbons (Fsp3) is 0.500. The molecule has 0 aromatic heterocycles. The van der Waals surface area contributed by atoms with Crippen molar-refractivity contribution in [1.29, 1.82) is 0 Å². The topological polar surface area (TPSA) is 67.2 Å². The van der Waals surface area contributed by atoms with Crippen molar-refractivity contribution in [1.82, 2.24) is 5.32 Å². The van der Waals surface area contributed by atoms with E-state index >= 15 is 0 Å². The van der Waals surface area contributed by atoms with Crippen molar-refractivity contribution in [3.8, 4) is 0 Å². The second-order valence-corrected chi connectivity index (χ2v) is 5.94. The molecule has 2 atom stereocenters. The van der Waals surface area contributed by atoms with E-state index in [9.17, 15) is 4.79 Å². The van der Waals surface area contributed by atoms with Crippen molar-refractivity contribution in [3.05, 3.63) is 28.8 Å². The minimum absolute atomic E-state index is 0.385. The lowest BCUT2D eigenvalue weighted by molar-refractivity contribution is 0.100. The van der Waals surface area contributed by atoms with Gasteiger partial charge in [-0.2, -0.15) is 0 Å². The molecule has 0 radical (unpaired) electrons. The van der Waals surface area contributed by atoms with Crippen molar-refractivity contribution in [3.63, 3.8) is 0 Å². The molecule has 2 bridgehead atoms. The van der Waals surface area contributed by atoms with Crippen LogP contribution in [0.4, 0.5) is 5.69 Å². The number of carbonyl (C=O) groups excluding carboxylic acids is 1. The first kappa shape index (κ1) is 12.8. The van der Waals surface area contributed by atoms with E-state index < -0.39 is 5.91 Å². The first-order valence-corrected chi connectivity index (χ1v) is 7.11. The van der Waals surface area contributed by atoms with Gasteiger partial charge < -0.3 is 16.4 Å². The number of nitrogens with one attached hydrogen (secondary N) is 2. The molecule has 0 aliphatic carbocycles. The van der Waals surface area contributed by atoms with Crippen LogP contribution in [0, 0.1) is 0 Å². The standard InChI is InChI=1S/C14H18ClN3O/c15-8-1-4-12(14(16)19)13(5-8)18-11-6-9-2-3-10(7-11)17-9/h1,4-5,9-11,17-18H,2-3,6-7H2,(H2,16,19). The van der Waals surface area contributed by atoms with E-state index in [0.29, 0.717) is 28.7 Å². The molecule has 2 aliphatic rings. The maximum absolute atomic E-state index is 11.4. The Hall–Kier alpha value is -1.26. The third-order valence-electron chi connectivity index (χ3n) is 4.08. The van der Waals surface area contributed by atoms with Gasteiger partial charge in [0.05, 0.1) is 5.56 Å². The van der Waals surface area contributed by atoms with Crippen molar-refractivity contribution < 1.29 is 4.79 Å². The summed E-state index contributed by atoms with van der Waals surface area (Å²) in [6.45, 7) is 0. The number of hydrogen-bond acceptors (Lipinski definition) is 3. The van der Waals surface area contributed by atoms with E-state index in [1.165, 1.54) is 12.8 Å². The Morgan fingerprint density at radius 3 is 2.63 bits per heavy atom. The minimum atomic E-state index is -0.420. The van der Waals surface area contributed by atoms with Crippen LogP contribution < -0.4 is 16.4 Å². The van der Waals surface area contributed by atoms with Gasteiger partial charge >= 0.3 is 0 Å². The molecule has 2 heterocycles. The predicted molar refractivity (Wildman–Crippen MR) is 76.6 cm³/mol. The minimum Gasteiger partial charge on any atom is -0.382 e. The summed E-state index contributed by atoms with van der Waals surface area (Å²) in [4.78, 5) is 11.4. The van der Waals surface area contributed by atoms with Crippen LogP contribution in [0.1, 0.15) is 36.0 Å². The molecule has 4 N–H and O–H groups in total. The van der Waals surface area contributed by atoms with E-state index in [-0.39, 0.29) is 0 Å². The summed E-state index contributed by atoms with van der Waals surface area (Å²) in [6, 6.07) is 6.75. The first-order valence-electron chi connectivity index (χ1n) is 6.74. The normalized spacial score (nSPS) is 29.2. The van der Waals surface area contributed by atoms with E-state index in [2.05, 4.69) is 10.6 Å². The molecule has 3 rings (SSSR count). The monoisotopic (exact) mass is 279 g/mol. The van der Waals surface area contributed by atoms with E-state index in [1.54, 1.807) is 18.2 Å². The zero-order valence-corrected chi connectivity index (χ0v) is 11.4. The van der Waals surface area contributed by atoms with E-state index in [0.717, 1.165) is 18.5 Å². The summed E-state index contributed by atoms with van der Waals surface area (Å²) in [7, 11) is 0. The number of primary amides is 1. The van der Waals surface area contributed by atoms with Crippen LogP contribution in [0.5, 0.6) is 0 Å². The lowest BCUT2D eigenvalue weighted by Gasteiger charge is -2.30. The molecule has 2 aliphatic heterocycles. The quantitative estimate of drug-likeness (QED) is 0.794. The average Bonchev–Trinajstić information content (AvgIpc) is 2.68. The molecule has 0 saturated carbocycles. The summed E-state index contributed by atoms with van der Waals surface area (Å²) >= 11 is 6.00. The van der Waals surface area contributed by atoms with E-state index in [1.807, 2.05) is 0 Å². The number of halogens is 1. The lowest BCUT2D eigenvalue weighted by Crippen LogP contribution is -2.43. The number of rotatable bonds is 3. The van der Waals surface area contributed by atoms with Gasteiger partial charge in [0, 0.05) is 28.8 Å². The number of fused-ring (bicyclic) bond motifs is 2. The maximum atomic E-state index is 11.4. The molecule has 2 fully saturated rings. The SMILES string of the molecule is NC(=O)c1ccc(Cl)cc1NC1CC2CCC(C1)N2. The average molecular weight is 280 g/mol. The number of benzene rings is 1. The first-order chi connectivity index (χ1) is 9.11. The number of hydrogen-bond donors (Lipinski definition) is 3. The molecule has 5 heteroatoms. The van der Waals surface area contributed by atoms with Crippen molar-refractivity contribution in [2.24, 2.45) is 5.73 Å². The Kier molecular flexibility index (Phi) is 3.37. The predicted octanol–water partition coefficient (Wildman–Crippen LogP) is 2.13. The van der Waals surface area contributed by atoms with Crippen LogP contribution in [0.2, 0.25) is 5.02 Å². The van der Waals surface area contributed by atoms with Gasteiger partial charge in [-0.25, -0.2) is 0 Å². The zero-order valence-electron chi connectivity index (χ0n) is 10.7. The van der Waals surface area contributed by atoms with Crippen LogP contribution in [0.3, 0.4) is 0 Å². The molecule has 1 aromatic rings. The van der Waals surface area contributed by atoms with Crippen molar-refractivity contribution in [2.75, 3.05) is 5.32 Å². The van der Waals surface area contributed by atoms with Crippen molar-refractivity contribution in [2.45, 2.75) is 43.8 Å². The fourth-order valence-corrected chi connectivity index (χ4v) is 3.42. The number of carbonyl (C=O) groups is 1. The third kappa shape index (κ3) is 2.69. The van der Waals surface area contributed by atoms with Gasteiger partial charge in [-0.3, -0.25) is 4.79 Å². The smallest absolute Gasteiger partial charge is 0.250 e. The van der Waals surface area contributed by atoms with Gasteiger partial charge in [0.2, 0.25) is 0 Å². The summed E-state index contributed by atoms with van der Waals surface area (Å²) in [6.07, 6.45) is 4.67. The highest BCUT2D eigenvalue weighted by Gasteiger charge is 2.33.